The lowest BCUT2D eigenvalue weighted by Gasteiger charge is -2.09. The summed E-state index contributed by atoms with van der Waals surface area (Å²) in [5.74, 6) is -0.528. The Bertz CT molecular complexity index is 643. The molecule has 0 aliphatic rings. The topological polar surface area (TPSA) is 119 Å². The Kier molecular flexibility index (Phi) is 3.69. The first kappa shape index (κ1) is 13.6. The molecule has 2 rings (SSSR count). The van der Waals surface area contributed by atoms with Gasteiger partial charge >= 0.3 is 0 Å². The number of nitrogen functional groups attached to an aromatic ring is 1. The molecule has 1 heterocycles. The van der Waals surface area contributed by atoms with E-state index < -0.39 is 10.7 Å². The van der Waals surface area contributed by atoms with Gasteiger partial charge < -0.3 is 15.8 Å². The zero-order valence-electron chi connectivity index (χ0n) is 10.5. The number of aromatic nitrogens is 2. The van der Waals surface area contributed by atoms with Crippen LogP contribution in [0, 0.1) is 15.9 Å². The number of hydrogen-bond donors (Lipinski definition) is 3. The number of benzene rings is 1. The van der Waals surface area contributed by atoms with Crippen LogP contribution < -0.4 is 15.8 Å². The summed E-state index contributed by atoms with van der Waals surface area (Å²) in [6, 6.07) is 2.03. The third-order valence-corrected chi connectivity index (χ3v) is 2.69. The first-order chi connectivity index (χ1) is 9.52. The molecule has 0 bridgehead atoms. The van der Waals surface area contributed by atoms with Crippen molar-refractivity contribution in [2.24, 2.45) is 0 Å². The van der Waals surface area contributed by atoms with Gasteiger partial charge in [-0.25, -0.2) is 4.39 Å². The molecule has 0 amide bonds. The minimum absolute atomic E-state index is 0.0849. The molecule has 2 aromatic rings. The largest absolute Gasteiger partial charge is 0.494 e. The van der Waals surface area contributed by atoms with E-state index in [1.807, 2.05) is 0 Å². The summed E-state index contributed by atoms with van der Waals surface area (Å²) in [6.07, 6.45) is 1.49. The molecule has 20 heavy (non-hydrogen) atoms. The number of hydrogen-bond acceptors (Lipinski definition) is 6. The molecule has 0 saturated heterocycles. The highest BCUT2D eigenvalue weighted by atomic mass is 19.1. The van der Waals surface area contributed by atoms with Gasteiger partial charge in [-0.15, -0.1) is 0 Å². The summed E-state index contributed by atoms with van der Waals surface area (Å²) in [5, 5.41) is 20.0. The van der Waals surface area contributed by atoms with Crippen molar-refractivity contribution in [2.75, 3.05) is 18.2 Å². The van der Waals surface area contributed by atoms with E-state index >= 15 is 0 Å². The molecule has 0 aliphatic heterocycles. The number of ether oxygens (including phenoxy) is 1. The van der Waals surface area contributed by atoms with Crippen molar-refractivity contribution in [3.63, 3.8) is 0 Å². The normalized spacial score (nSPS) is 10.3. The molecule has 8 nitrogen and oxygen atoms in total. The number of nitrogens with one attached hydrogen (secondary N) is 2. The number of H-pyrrole nitrogens is 1. The van der Waals surface area contributed by atoms with Gasteiger partial charge in [0.05, 0.1) is 24.3 Å². The maximum Gasteiger partial charge on any atom is 0.295 e. The molecule has 1 aromatic heterocycles. The molecule has 9 heteroatoms. The predicted octanol–water partition coefficient (Wildman–Crippen LogP) is 1.66. The maximum absolute atomic E-state index is 13.5. The number of nitro groups is 1. The predicted molar refractivity (Wildman–Crippen MR) is 69.9 cm³/mol. The second kappa shape index (κ2) is 5.43. The number of nitro benzene ring substituents is 1. The molecule has 0 atom stereocenters. The van der Waals surface area contributed by atoms with Crippen molar-refractivity contribution in [1.82, 2.24) is 10.2 Å². The molecule has 0 unspecified atom stereocenters. The molecule has 0 aliphatic carbocycles. The Morgan fingerprint density at radius 2 is 2.35 bits per heavy atom. The molecule has 106 valence electrons. The maximum atomic E-state index is 13.5. The monoisotopic (exact) mass is 281 g/mol. The van der Waals surface area contributed by atoms with Crippen LogP contribution in [0.4, 0.5) is 21.6 Å². The van der Waals surface area contributed by atoms with Gasteiger partial charge in [0, 0.05) is 18.2 Å². The summed E-state index contributed by atoms with van der Waals surface area (Å²) in [6.45, 7) is 0.206. The van der Waals surface area contributed by atoms with Crippen molar-refractivity contribution in [3.05, 3.63) is 39.8 Å². The first-order valence-corrected chi connectivity index (χ1v) is 5.56. The second-order valence-electron chi connectivity index (χ2n) is 3.92. The van der Waals surface area contributed by atoms with Gasteiger partial charge in [0.25, 0.3) is 5.69 Å². The van der Waals surface area contributed by atoms with E-state index in [4.69, 9.17) is 10.5 Å². The molecule has 0 spiro atoms. The van der Waals surface area contributed by atoms with Crippen LogP contribution in [0.2, 0.25) is 0 Å². The van der Waals surface area contributed by atoms with E-state index in [0.717, 1.165) is 6.07 Å². The van der Waals surface area contributed by atoms with Gasteiger partial charge in [-0.2, -0.15) is 5.10 Å². The van der Waals surface area contributed by atoms with Crippen molar-refractivity contribution >= 4 is 17.2 Å². The molecular formula is C11H12FN5O3. The summed E-state index contributed by atoms with van der Waals surface area (Å²) in [7, 11) is 1.28. The van der Waals surface area contributed by atoms with E-state index in [2.05, 4.69) is 15.5 Å². The van der Waals surface area contributed by atoms with Crippen molar-refractivity contribution in [1.29, 1.82) is 0 Å². The summed E-state index contributed by atoms with van der Waals surface area (Å²) < 4.78 is 18.3. The molecule has 0 radical (unpaired) electrons. The number of methoxy groups -OCH3 is 1. The molecule has 0 fully saturated rings. The number of anilines is 2. The van der Waals surface area contributed by atoms with Crippen molar-refractivity contribution in [3.8, 4) is 5.75 Å². The first-order valence-electron chi connectivity index (χ1n) is 5.56. The fourth-order valence-corrected chi connectivity index (χ4v) is 1.64. The Hall–Kier alpha value is -2.84. The standard InChI is InChI=1S/C11H12FN5O3/c1-20-10-3-8(9(17(18)19)2-7(10)12)14-4-6-5-15-16-11(6)13/h2-3,5,14H,4H2,1H3,(H3,13,15,16). The molecule has 0 saturated carbocycles. The Labute approximate surface area is 112 Å². The van der Waals surface area contributed by atoms with Gasteiger partial charge in [-0.1, -0.05) is 0 Å². The highest BCUT2D eigenvalue weighted by molar-refractivity contribution is 5.65. The zero-order chi connectivity index (χ0) is 14.7. The summed E-state index contributed by atoms with van der Waals surface area (Å²) in [4.78, 5) is 10.2. The lowest BCUT2D eigenvalue weighted by molar-refractivity contribution is -0.384. The minimum atomic E-state index is -0.799. The third kappa shape index (κ3) is 2.60. The smallest absolute Gasteiger partial charge is 0.295 e. The molecular weight excluding hydrogens is 269 g/mol. The van der Waals surface area contributed by atoms with Crippen LogP contribution in [0.3, 0.4) is 0 Å². The minimum Gasteiger partial charge on any atom is -0.494 e. The number of nitrogens with two attached hydrogens (primary N) is 1. The van der Waals surface area contributed by atoms with Gasteiger partial charge in [-0.3, -0.25) is 15.2 Å². The fourth-order valence-electron chi connectivity index (χ4n) is 1.64. The Morgan fingerprint density at radius 3 is 2.90 bits per heavy atom. The zero-order valence-corrected chi connectivity index (χ0v) is 10.5. The molecule has 4 N–H and O–H groups in total. The number of nitrogens with zero attached hydrogens (tertiary/aromatic N) is 2. The Morgan fingerprint density at radius 1 is 1.60 bits per heavy atom. The van der Waals surface area contributed by atoms with Crippen LogP contribution in [0.15, 0.2) is 18.3 Å². The highest BCUT2D eigenvalue weighted by Gasteiger charge is 2.19. The summed E-state index contributed by atoms with van der Waals surface area (Å²) in [5.41, 5.74) is 6.00. The molecule has 1 aromatic carbocycles. The van der Waals surface area contributed by atoms with E-state index in [-0.39, 0.29) is 23.7 Å². The van der Waals surface area contributed by atoms with Crippen LogP contribution in [0.5, 0.6) is 5.75 Å². The average Bonchev–Trinajstić information content (AvgIpc) is 2.82. The second-order valence-corrected chi connectivity index (χ2v) is 3.92. The van der Waals surface area contributed by atoms with E-state index in [1.165, 1.54) is 19.4 Å². The van der Waals surface area contributed by atoms with E-state index in [9.17, 15) is 14.5 Å². The fraction of sp³-hybridized carbons (Fsp3) is 0.182. The summed E-state index contributed by atoms with van der Waals surface area (Å²) >= 11 is 0. The van der Waals surface area contributed by atoms with Crippen LogP contribution in [-0.2, 0) is 6.54 Å². The van der Waals surface area contributed by atoms with Crippen molar-refractivity contribution < 1.29 is 14.1 Å². The van der Waals surface area contributed by atoms with Crippen molar-refractivity contribution in [2.45, 2.75) is 6.54 Å². The van der Waals surface area contributed by atoms with Gasteiger partial charge in [0.2, 0.25) is 0 Å². The SMILES string of the molecule is COc1cc(NCc2cn[nH]c2N)c([N+](=O)[O-])cc1F. The highest BCUT2D eigenvalue weighted by Crippen LogP contribution is 2.32. The average molecular weight is 281 g/mol. The lowest BCUT2D eigenvalue weighted by atomic mass is 10.2. The van der Waals surface area contributed by atoms with Crippen LogP contribution in [0.25, 0.3) is 0 Å². The van der Waals surface area contributed by atoms with Gasteiger partial charge in [0.1, 0.15) is 11.5 Å². The van der Waals surface area contributed by atoms with Crippen LogP contribution >= 0.6 is 0 Å². The lowest BCUT2D eigenvalue weighted by Crippen LogP contribution is -2.05. The van der Waals surface area contributed by atoms with Gasteiger partial charge in [-0.05, 0) is 0 Å². The third-order valence-electron chi connectivity index (χ3n) is 2.69. The van der Waals surface area contributed by atoms with E-state index in [0.29, 0.717) is 11.4 Å². The van der Waals surface area contributed by atoms with Gasteiger partial charge in [0.15, 0.2) is 11.6 Å². The quantitative estimate of drug-likeness (QED) is 0.566. The number of rotatable bonds is 5. The Balaban J connectivity index is 2.29. The van der Waals surface area contributed by atoms with Crippen LogP contribution in [-0.4, -0.2) is 22.2 Å². The number of aromatic amines is 1. The van der Waals surface area contributed by atoms with Crippen LogP contribution in [0.1, 0.15) is 5.56 Å². The number of halogens is 1. The van der Waals surface area contributed by atoms with E-state index in [1.54, 1.807) is 0 Å².